The first kappa shape index (κ1) is 17.6. The van der Waals surface area contributed by atoms with Crippen molar-refractivity contribution in [2.45, 2.75) is 69.5 Å². The van der Waals surface area contributed by atoms with Crippen molar-refractivity contribution in [1.29, 1.82) is 0 Å². The van der Waals surface area contributed by atoms with E-state index in [1.54, 1.807) is 12.1 Å². The normalized spacial score (nSPS) is 29.4. The van der Waals surface area contributed by atoms with Gasteiger partial charge >= 0.3 is 0 Å². The van der Waals surface area contributed by atoms with E-state index in [1.165, 1.54) is 19.1 Å². The SMILES string of the molecule is O=C(NC1CC2CCCC(C1)N2CC(=O)N1CCCCC1)c1ccco1. The van der Waals surface area contributed by atoms with Crippen molar-refractivity contribution in [1.82, 2.24) is 15.1 Å². The van der Waals surface area contributed by atoms with Crippen molar-refractivity contribution in [3.63, 3.8) is 0 Å². The maximum atomic E-state index is 12.7. The zero-order chi connectivity index (χ0) is 17.9. The molecule has 2 atom stereocenters. The number of amides is 2. The van der Waals surface area contributed by atoms with Crippen LogP contribution in [0.15, 0.2) is 22.8 Å². The van der Waals surface area contributed by atoms with Crippen LogP contribution >= 0.6 is 0 Å². The Labute approximate surface area is 154 Å². The van der Waals surface area contributed by atoms with Crippen molar-refractivity contribution in [3.05, 3.63) is 24.2 Å². The minimum Gasteiger partial charge on any atom is -0.459 e. The summed E-state index contributed by atoms with van der Waals surface area (Å²) in [6.45, 7) is 2.39. The number of piperidine rings is 3. The standard InChI is InChI=1S/C20H29N3O3/c24-19(22-9-2-1-3-10-22)14-23-16-6-4-7-17(23)13-15(12-16)21-20(25)18-8-5-11-26-18/h5,8,11,15-17H,1-4,6-7,9-10,12-14H2,(H,21,25). The smallest absolute Gasteiger partial charge is 0.287 e. The predicted octanol–water partition coefficient (Wildman–Crippen LogP) is 2.41. The highest BCUT2D eigenvalue weighted by Crippen LogP contribution is 2.34. The summed E-state index contributed by atoms with van der Waals surface area (Å²) in [5.41, 5.74) is 0. The lowest BCUT2D eigenvalue weighted by Gasteiger charge is -2.49. The predicted molar refractivity (Wildman–Crippen MR) is 97.8 cm³/mol. The van der Waals surface area contributed by atoms with E-state index in [9.17, 15) is 9.59 Å². The van der Waals surface area contributed by atoms with Crippen LogP contribution in [-0.2, 0) is 4.79 Å². The number of rotatable bonds is 4. The molecule has 26 heavy (non-hydrogen) atoms. The first-order valence-electron chi connectivity index (χ1n) is 10.1. The molecule has 3 aliphatic rings. The van der Waals surface area contributed by atoms with Crippen LogP contribution in [-0.4, -0.2) is 59.4 Å². The van der Waals surface area contributed by atoms with Crippen molar-refractivity contribution in [2.24, 2.45) is 0 Å². The molecule has 0 radical (unpaired) electrons. The Morgan fingerprint density at radius 3 is 2.46 bits per heavy atom. The van der Waals surface area contributed by atoms with E-state index in [4.69, 9.17) is 4.42 Å². The average Bonchev–Trinajstić information content (AvgIpc) is 3.18. The number of fused-ring (bicyclic) bond motifs is 2. The lowest BCUT2D eigenvalue weighted by atomic mass is 9.81. The van der Waals surface area contributed by atoms with E-state index in [1.807, 2.05) is 4.90 Å². The summed E-state index contributed by atoms with van der Waals surface area (Å²) in [6, 6.07) is 4.40. The number of hydrogen-bond acceptors (Lipinski definition) is 4. The van der Waals surface area contributed by atoms with Crippen LogP contribution in [0.3, 0.4) is 0 Å². The fourth-order valence-electron chi connectivity index (χ4n) is 4.92. The van der Waals surface area contributed by atoms with E-state index in [0.717, 1.165) is 51.6 Å². The Balaban J connectivity index is 1.35. The van der Waals surface area contributed by atoms with Crippen molar-refractivity contribution in [2.75, 3.05) is 19.6 Å². The van der Waals surface area contributed by atoms with Gasteiger partial charge in [-0.15, -0.1) is 0 Å². The van der Waals surface area contributed by atoms with Gasteiger partial charge in [0.2, 0.25) is 5.91 Å². The fraction of sp³-hybridized carbons (Fsp3) is 0.700. The molecule has 2 amide bonds. The third-order valence-electron chi connectivity index (χ3n) is 6.23. The second kappa shape index (κ2) is 7.82. The zero-order valence-electron chi connectivity index (χ0n) is 15.4. The molecule has 4 heterocycles. The topological polar surface area (TPSA) is 65.8 Å². The number of nitrogens with zero attached hydrogens (tertiary/aromatic N) is 2. The van der Waals surface area contributed by atoms with Gasteiger partial charge in [-0.1, -0.05) is 6.42 Å². The van der Waals surface area contributed by atoms with Gasteiger partial charge in [0.25, 0.3) is 5.91 Å². The molecule has 3 fully saturated rings. The number of hydrogen-bond donors (Lipinski definition) is 1. The quantitative estimate of drug-likeness (QED) is 0.897. The van der Waals surface area contributed by atoms with E-state index in [2.05, 4.69) is 10.2 Å². The second-order valence-corrected chi connectivity index (χ2v) is 7.97. The molecular weight excluding hydrogens is 330 g/mol. The van der Waals surface area contributed by atoms with Gasteiger partial charge in [0, 0.05) is 31.2 Å². The molecule has 1 aromatic rings. The molecule has 6 nitrogen and oxygen atoms in total. The summed E-state index contributed by atoms with van der Waals surface area (Å²) in [5, 5.41) is 3.13. The molecule has 1 aromatic heterocycles. The van der Waals surface area contributed by atoms with E-state index >= 15 is 0 Å². The highest BCUT2D eigenvalue weighted by Gasteiger charge is 2.40. The van der Waals surface area contributed by atoms with Crippen LogP contribution in [0.25, 0.3) is 0 Å². The lowest BCUT2D eigenvalue weighted by Crippen LogP contribution is -2.59. The molecule has 3 aliphatic heterocycles. The Morgan fingerprint density at radius 1 is 1.08 bits per heavy atom. The third kappa shape index (κ3) is 3.80. The van der Waals surface area contributed by atoms with Crippen LogP contribution in [0.5, 0.6) is 0 Å². The summed E-state index contributed by atoms with van der Waals surface area (Å²) in [7, 11) is 0. The molecule has 0 spiro atoms. The number of nitrogens with one attached hydrogen (secondary N) is 1. The summed E-state index contributed by atoms with van der Waals surface area (Å²) >= 11 is 0. The molecule has 1 N–H and O–H groups in total. The Hall–Kier alpha value is -1.82. The van der Waals surface area contributed by atoms with Gasteiger partial charge in [0.1, 0.15) is 0 Å². The van der Waals surface area contributed by atoms with E-state index in [-0.39, 0.29) is 11.9 Å². The van der Waals surface area contributed by atoms with Crippen molar-refractivity contribution < 1.29 is 14.0 Å². The van der Waals surface area contributed by atoms with Crippen LogP contribution < -0.4 is 5.32 Å². The fourth-order valence-corrected chi connectivity index (χ4v) is 4.92. The summed E-state index contributed by atoms with van der Waals surface area (Å²) in [4.78, 5) is 29.5. The summed E-state index contributed by atoms with van der Waals surface area (Å²) < 4.78 is 5.20. The minimum atomic E-state index is -0.129. The van der Waals surface area contributed by atoms with Crippen LogP contribution in [0.4, 0.5) is 0 Å². The molecular formula is C20H29N3O3. The second-order valence-electron chi connectivity index (χ2n) is 7.97. The summed E-state index contributed by atoms with van der Waals surface area (Å²) in [5.74, 6) is 0.536. The molecule has 142 valence electrons. The third-order valence-corrected chi connectivity index (χ3v) is 6.23. The summed E-state index contributed by atoms with van der Waals surface area (Å²) in [6.07, 6.45) is 10.4. The Morgan fingerprint density at radius 2 is 1.81 bits per heavy atom. The molecule has 0 aliphatic carbocycles. The molecule has 0 saturated carbocycles. The molecule has 3 saturated heterocycles. The monoisotopic (exact) mass is 359 g/mol. The van der Waals surface area contributed by atoms with E-state index < -0.39 is 0 Å². The van der Waals surface area contributed by atoms with Crippen LogP contribution in [0.2, 0.25) is 0 Å². The van der Waals surface area contributed by atoms with Crippen LogP contribution in [0.1, 0.15) is 61.9 Å². The minimum absolute atomic E-state index is 0.129. The Kier molecular flexibility index (Phi) is 5.29. The molecule has 2 bridgehead atoms. The number of carbonyl (C=O) groups excluding carboxylic acids is 2. The molecule has 0 aromatic carbocycles. The first-order chi connectivity index (χ1) is 12.7. The van der Waals surface area contributed by atoms with E-state index in [0.29, 0.717) is 30.3 Å². The molecule has 4 rings (SSSR count). The number of likely N-dealkylation sites (tertiary alicyclic amines) is 1. The van der Waals surface area contributed by atoms with Crippen molar-refractivity contribution in [3.8, 4) is 0 Å². The molecule has 2 unspecified atom stereocenters. The molecule has 6 heteroatoms. The maximum absolute atomic E-state index is 12.7. The largest absolute Gasteiger partial charge is 0.459 e. The highest BCUT2D eigenvalue weighted by atomic mass is 16.3. The van der Waals surface area contributed by atoms with Gasteiger partial charge in [-0.2, -0.15) is 0 Å². The van der Waals surface area contributed by atoms with Gasteiger partial charge in [-0.05, 0) is 57.1 Å². The van der Waals surface area contributed by atoms with Gasteiger partial charge in [0.05, 0.1) is 12.8 Å². The zero-order valence-corrected chi connectivity index (χ0v) is 15.4. The Bertz CT molecular complexity index is 610. The maximum Gasteiger partial charge on any atom is 0.287 e. The number of carbonyl (C=O) groups is 2. The van der Waals surface area contributed by atoms with Gasteiger partial charge < -0.3 is 14.6 Å². The first-order valence-corrected chi connectivity index (χ1v) is 10.1. The van der Waals surface area contributed by atoms with Crippen molar-refractivity contribution >= 4 is 11.8 Å². The lowest BCUT2D eigenvalue weighted by molar-refractivity contribution is -0.136. The average molecular weight is 359 g/mol. The highest BCUT2D eigenvalue weighted by molar-refractivity contribution is 5.91. The van der Waals surface area contributed by atoms with Gasteiger partial charge in [0.15, 0.2) is 5.76 Å². The number of furan rings is 1. The van der Waals surface area contributed by atoms with Gasteiger partial charge in [-0.3, -0.25) is 14.5 Å². The van der Waals surface area contributed by atoms with Crippen LogP contribution in [0, 0.1) is 0 Å². The van der Waals surface area contributed by atoms with Gasteiger partial charge in [-0.25, -0.2) is 0 Å².